The minimum Gasteiger partial charge on any atom is -0.454 e. The van der Waals surface area contributed by atoms with Crippen LogP contribution in [0.25, 0.3) is 0 Å². The van der Waals surface area contributed by atoms with Crippen LogP contribution in [0.2, 0.25) is 0 Å². The lowest BCUT2D eigenvalue weighted by Gasteiger charge is -2.35. The monoisotopic (exact) mass is 453 g/mol. The average molecular weight is 455 g/mol. The van der Waals surface area contributed by atoms with Crippen molar-refractivity contribution in [3.05, 3.63) is 45.0 Å². The van der Waals surface area contributed by atoms with Crippen LogP contribution in [0.1, 0.15) is 5.56 Å². The Morgan fingerprint density at radius 1 is 1.00 bits per heavy atom. The SMILES string of the molecule is Brc1ccc(N2CCN(Cc3cc4c(cc3Br)OCO4)CC2)nc1. The van der Waals surface area contributed by atoms with E-state index in [9.17, 15) is 0 Å². The highest BCUT2D eigenvalue weighted by Crippen LogP contribution is 2.37. The molecule has 1 aromatic heterocycles. The minimum atomic E-state index is 0.310. The van der Waals surface area contributed by atoms with Crippen LogP contribution in [-0.2, 0) is 6.54 Å². The second-order valence-corrected chi connectivity index (χ2v) is 7.66. The van der Waals surface area contributed by atoms with Gasteiger partial charge in [0, 0.05) is 47.9 Å². The number of hydrogen-bond donors (Lipinski definition) is 0. The topological polar surface area (TPSA) is 37.8 Å². The number of rotatable bonds is 3. The summed E-state index contributed by atoms with van der Waals surface area (Å²) in [4.78, 5) is 9.27. The minimum absolute atomic E-state index is 0.310. The fraction of sp³-hybridized carbons (Fsp3) is 0.353. The van der Waals surface area contributed by atoms with Gasteiger partial charge in [0.05, 0.1) is 0 Å². The molecule has 0 aliphatic carbocycles. The summed E-state index contributed by atoms with van der Waals surface area (Å²) in [5.74, 6) is 2.70. The van der Waals surface area contributed by atoms with Crippen molar-refractivity contribution in [1.29, 1.82) is 0 Å². The Bertz CT molecular complexity index is 731. The summed E-state index contributed by atoms with van der Waals surface area (Å²) in [6.07, 6.45) is 1.85. The summed E-state index contributed by atoms with van der Waals surface area (Å²) in [6.45, 7) is 5.20. The molecule has 2 aromatic rings. The highest BCUT2D eigenvalue weighted by molar-refractivity contribution is 9.10. The fourth-order valence-corrected chi connectivity index (χ4v) is 3.69. The lowest BCUT2D eigenvalue weighted by Crippen LogP contribution is -2.46. The lowest BCUT2D eigenvalue weighted by molar-refractivity contribution is 0.174. The van der Waals surface area contributed by atoms with Crippen LogP contribution in [0.15, 0.2) is 39.4 Å². The molecule has 1 fully saturated rings. The molecule has 1 saturated heterocycles. The molecule has 0 atom stereocenters. The number of anilines is 1. The largest absolute Gasteiger partial charge is 0.454 e. The van der Waals surface area contributed by atoms with Crippen LogP contribution >= 0.6 is 31.9 Å². The van der Waals surface area contributed by atoms with Crippen LogP contribution in [0.4, 0.5) is 5.82 Å². The molecule has 3 heterocycles. The molecule has 0 spiro atoms. The maximum absolute atomic E-state index is 5.49. The van der Waals surface area contributed by atoms with Gasteiger partial charge in [-0.1, -0.05) is 15.9 Å². The van der Waals surface area contributed by atoms with Gasteiger partial charge in [0.15, 0.2) is 11.5 Å². The zero-order valence-corrected chi connectivity index (χ0v) is 16.2. The molecular weight excluding hydrogens is 438 g/mol. The van der Waals surface area contributed by atoms with E-state index in [-0.39, 0.29) is 0 Å². The van der Waals surface area contributed by atoms with E-state index in [1.807, 2.05) is 18.3 Å². The first-order chi connectivity index (χ1) is 11.7. The molecule has 0 unspecified atom stereocenters. The molecule has 0 amide bonds. The predicted molar refractivity (Wildman–Crippen MR) is 99.7 cm³/mol. The van der Waals surface area contributed by atoms with Gasteiger partial charge in [-0.2, -0.15) is 0 Å². The Kier molecular flexibility index (Phi) is 4.65. The summed E-state index contributed by atoms with van der Waals surface area (Å²) in [6, 6.07) is 8.18. The Balaban J connectivity index is 1.39. The van der Waals surface area contributed by atoms with Gasteiger partial charge < -0.3 is 14.4 Å². The third-order valence-corrected chi connectivity index (χ3v) is 5.55. The summed E-state index contributed by atoms with van der Waals surface area (Å²) in [7, 11) is 0. The molecule has 0 bridgehead atoms. The molecule has 0 radical (unpaired) electrons. The molecule has 0 saturated carbocycles. The molecule has 7 heteroatoms. The third kappa shape index (κ3) is 3.38. The van der Waals surface area contributed by atoms with Crippen LogP contribution in [0.3, 0.4) is 0 Å². The van der Waals surface area contributed by atoms with Crippen molar-refractivity contribution < 1.29 is 9.47 Å². The van der Waals surface area contributed by atoms with Crippen LogP contribution in [0.5, 0.6) is 11.5 Å². The number of piperazine rings is 1. The maximum Gasteiger partial charge on any atom is 0.231 e. The molecule has 5 nitrogen and oxygen atoms in total. The van der Waals surface area contributed by atoms with Gasteiger partial charge in [0.1, 0.15) is 5.82 Å². The predicted octanol–water partition coefficient (Wildman–Crippen LogP) is 3.66. The first-order valence-corrected chi connectivity index (χ1v) is 9.44. The second kappa shape index (κ2) is 6.90. The van der Waals surface area contributed by atoms with Crippen molar-refractivity contribution in [2.24, 2.45) is 0 Å². The van der Waals surface area contributed by atoms with Crippen molar-refractivity contribution in [3.63, 3.8) is 0 Å². The van der Waals surface area contributed by atoms with E-state index in [0.29, 0.717) is 6.79 Å². The number of ether oxygens (including phenoxy) is 2. The van der Waals surface area contributed by atoms with E-state index in [1.165, 1.54) is 5.56 Å². The number of benzene rings is 1. The summed E-state index contributed by atoms with van der Waals surface area (Å²) < 4.78 is 13.0. The van der Waals surface area contributed by atoms with E-state index in [4.69, 9.17) is 9.47 Å². The summed E-state index contributed by atoms with van der Waals surface area (Å²) in [5, 5.41) is 0. The Morgan fingerprint density at radius 3 is 2.46 bits per heavy atom. The first-order valence-electron chi connectivity index (χ1n) is 7.86. The van der Waals surface area contributed by atoms with Gasteiger partial charge in [-0.05, 0) is 45.8 Å². The Morgan fingerprint density at radius 2 is 1.75 bits per heavy atom. The number of aromatic nitrogens is 1. The number of fused-ring (bicyclic) bond motifs is 1. The van der Waals surface area contributed by atoms with Crippen molar-refractivity contribution >= 4 is 37.7 Å². The maximum atomic E-state index is 5.49. The average Bonchev–Trinajstić information content (AvgIpc) is 3.04. The van der Waals surface area contributed by atoms with E-state index in [1.54, 1.807) is 0 Å². The van der Waals surface area contributed by atoms with Crippen LogP contribution < -0.4 is 14.4 Å². The zero-order valence-electron chi connectivity index (χ0n) is 13.0. The highest BCUT2D eigenvalue weighted by atomic mass is 79.9. The van der Waals surface area contributed by atoms with Crippen molar-refractivity contribution in [2.75, 3.05) is 37.9 Å². The van der Waals surface area contributed by atoms with E-state index < -0.39 is 0 Å². The third-order valence-electron chi connectivity index (χ3n) is 4.34. The number of halogens is 2. The second-order valence-electron chi connectivity index (χ2n) is 5.89. The van der Waals surface area contributed by atoms with Gasteiger partial charge in [0.25, 0.3) is 0 Å². The summed E-state index contributed by atoms with van der Waals surface area (Å²) >= 11 is 7.08. The van der Waals surface area contributed by atoms with Gasteiger partial charge in [-0.15, -0.1) is 0 Å². The fourth-order valence-electron chi connectivity index (χ4n) is 3.01. The van der Waals surface area contributed by atoms with E-state index in [0.717, 1.165) is 59.0 Å². The Hall–Kier alpha value is -1.31. The molecule has 126 valence electrons. The number of nitrogens with zero attached hydrogens (tertiary/aromatic N) is 3. The zero-order chi connectivity index (χ0) is 16.5. The molecule has 1 aromatic carbocycles. The molecule has 2 aliphatic rings. The van der Waals surface area contributed by atoms with Crippen molar-refractivity contribution in [2.45, 2.75) is 6.54 Å². The van der Waals surface area contributed by atoms with Gasteiger partial charge >= 0.3 is 0 Å². The van der Waals surface area contributed by atoms with Crippen LogP contribution in [0, 0.1) is 0 Å². The molecular formula is C17H17Br2N3O2. The van der Waals surface area contributed by atoms with Gasteiger partial charge in [-0.3, -0.25) is 4.90 Å². The molecule has 0 N–H and O–H groups in total. The quantitative estimate of drug-likeness (QED) is 0.707. The highest BCUT2D eigenvalue weighted by Gasteiger charge is 2.21. The van der Waals surface area contributed by atoms with Gasteiger partial charge in [-0.25, -0.2) is 4.98 Å². The smallest absolute Gasteiger partial charge is 0.231 e. The normalized spacial score (nSPS) is 17.3. The first kappa shape index (κ1) is 16.2. The van der Waals surface area contributed by atoms with Gasteiger partial charge in [0.2, 0.25) is 6.79 Å². The van der Waals surface area contributed by atoms with Crippen LogP contribution in [-0.4, -0.2) is 42.9 Å². The summed E-state index contributed by atoms with van der Waals surface area (Å²) in [5.41, 5.74) is 1.23. The van der Waals surface area contributed by atoms with Crippen molar-refractivity contribution in [3.8, 4) is 11.5 Å². The van der Waals surface area contributed by atoms with E-state index in [2.05, 4.69) is 58.8 Å². The van der Waals surface area contributed by atoms with Crippen molar-refractivity contribution in [1.82, 2.24) is 9.88 Å². The molecule has 24 heavy (non-hydrogen) atoms. The molecule has 4 rings (SSSR count). The standard InChI is InChI=1S/C17H17Br2N3O2/c18-13-1-2-17(20-9-13)22-5-3-21(4-6-22)10-12-7-15-16(8-14(12)19)24-11-23-15/h1-2,7-9H,3-6,10-11H2. The number of pyridine rings is 1. The lowest BCUT2D eigenvalue weighted by atomic mass is 10.1. The Labute approximate surface area is 157 Å². The molecule has 2 aliphatic heterocycles. The van der Waals surface area contributed by atoms with E-state index >= 15 is 0 Å². The number of hydrogen-bond acceptors (Lipinski definition) is 5.